The van der Waals surface area contributed by atoms with Gasteiger partial charge in [0.1, 0.15) is 11.3 Å². The number of carbonyl (C=O) groups is 1. The van der Waals surface area contributed by atoms with Gasteiger partial charge in [-0.3, -0.25) is 4.79 Å². The van der Waals surface area contributed by atoms with E-state index in [9.17, 15) is 4.79 Å². The van der Waals surface area contributed by atoms with Crippen molar-refractivity contribution < 1.29 is 9.32 Å². The van der Waals surface area contributed by atoms with E-state index < -0.39 is 0 Å². The minimum Gasteiger partial charge on any atom is -0.361 e. The molecule has 122 valence electrons. The second-order valence-electron chi connectivity index (χ2n) is 5.57. The zero-order valence-corrected chi connectivity index (χ0v) is 14.2. The third kappa shape index (κ3) is 3.34. The van der Waals surface area contributed by atoms with Crippen molar-refractivity contribution in [2.75, 3.05) is 0 Å². The number of nitrogens with one attached hydrogen (secondary N) is 1. The fourth-order valence-corrected chi connectivity index (χ4v) is 2.80. The maximum absolute atomic E-state index is 12.7. The maximum Gasteiger partial charge on any atom is 0.257 e. The number of nitrogens with zero attached hydrogens (tertiary/aromatic N) is 1. The molecule has 4 nitrogen and oxygen atoms in total. The number of carbonyl (C=O) groups excluding carboxylic acids is 1. The van der Waals surface area contributed by atoms with Crippen molar-refractivity contribution in [2.24, 2.45) is 0 Å². The first-order chi connectivity index (χ1) is 11.6. The van der Waals surface area contributed by atoms with Gasteiger partial charge >= 0.3 is 0 Å². The molecule has 1 unspecified atom stereocenters. The first-order valence-electron chi connectivity index (χ1n) is 7.60. The molecule has 1 atom stereocenters. The smallest absolute Gasteiger partial charge is 0.257 e. The zero-order valence-electron chi connectivity index (χ0n) is 13.4. The van der Waals surface area contributed by atoms with Gasteiger partial charge in [0.2, 0.25) is 0 Å². The van der Waals surface area contributed by atoms with Gasteiger partial charge in [-0.05, 0) is 37.1 Å². The van der Waals surface area contributed by atoms with E-state index in [0.29, 0.717) is 22.0 Å². The standard InChI is InChI=1S/C19H17ClN2O2/c1-12-17(13(2)24-22-12)19(23)21-18(14-6-4-3-5-7-14)15-8-10-16(20)11-9-15/h3-11,18H,1-2H3,(H,21,23). The molecule has 2 aromatic carbocycles. The first-order valence-corrected chi connectivity index (χ1v) is 7.98. The highest BCUT2D eigenvalue weighted by molar-refractivity contribution is 6.30. The van der Waals surface area contributed by atoms with Crippen LogP contribution in [0.3, 0.4) is 0 Å². The van der Waals surface area contributed by atoms with Crippen molar-refractivity contribution in [1.82, 2.24) is 10.5 Å². The zero-order chi connectivity index (χ0) is 17.1. The van der Waals surface area contributed by atoms with E-state index in [1.165, 1.54) is 0 Å². The second-order valence-corrected chi connectivity index (χ2v) is 6.00. The van der Waals surface area contributed by atoms with Crippen molar-refractivity contribution in [2.45, 2.75) is 19.9 Å². The average molecular weight is 341 g/mol. The number of hydrogen-bond acceptors (Lipinski definition) is 3. The van der Waals surface area contributed by atoms with Gasteiger partial charge < -0.3 is 9.84 Å². The van der Waals surface area contributed by atoms with Gasteiger partial charge in [0.05, 0.1) is 11.7 Å². The molecule has 0 aliphatic heterocycles. The molecule has 1 N–H and O–H groups in total. The highest BCUT2D eigenvalue weighted by atomic mass is 35.5. The fourth-order valence-electron chi connectivity index (χ4n) is 2.67. The van der Waals surface area contributed by atoms with Gasteiger partial charge in [-0.15, -0.1) is 0 Å². The Hall–Kier alpha value is -2.59. The molecule has 0 radical (unpaired) electrons. The van der Waals surface area contributed by atoms with E-state index in [4.69, 9.17) is 16.1 Å². The average Bonchev–Trinajstić information content (AvgIpc) is 2.93. The van der Waals surface area contributed by atoms with Crippen LogP contribution in [-0.2, 0) is 0 Å². The Morgan fingerprint density at radius 3 is 2.25 bits per heavy atom. The van der Waals surface area contributed by atoms with Gasteiger partial charge in [-0.2, -0.15) is 0 Å². The van der Waals surface area contributed by atoms with Crippen LogP contribution in [0.25, 0.3) is 0 Å². The summed E-state index contributed by atoms with van der Waals surface area (Å²) in [6.07, 6.45) is 0. The molecule has 3 aromatic rings. The Morgan fingerprint density at radius 2 is 1.67 bits per heavy atom. The van der Waals surface area contributed by atoms with Gasteiger partial charge in [0.25, 0.3) is 5.91 Å². The molecule has 24 heavy (non-hydrogen) atoms. The number of aryl methyl sites for hydroxylation is 2. The summed E-state index contributed by atoms with van der Waals surface area (Å²) in [5.74, 6) is 0.294. The molecule has 0 spiro atoms. The summed E-state index contributed by atoms with van der Waals surface area (Å²) in [6, 6.07) is 17.0. The summed E-state index contributed by atoms with van der Waals surface area (Å²) in [5, 5.41) is 7.57. The molecule has 3 rings (SSSR count). The van der Waals surface area contributed by atoms with E-state index in [1.54, 1.807) is 13.8 Å². The highest BCUT2D eigenvalue weighted by Crippen LogP contribution is 2.24. The van der Waals surface area contributed by atoms with E-state index in [-0.39, 0.29) is 11.9 Å². The minimum absolute atomic E-state index is 0.213. The van der Waals surface area contributed by atoms with E-state index >= 15 is 0 Å². The molecular formula is C19H17ClN2O2. The van der Waals surface area contributed by atoms with E-state index in [0.717, 1.165) is 11.1 Å². The predicted molar refractivity (Wildman–Crippen MR) is 93.2 cm³/mol. The lowest BCUT2D eigenvalue weighted by Gasteiger charge is -2.20. The van der Waals surface area contributed by atoms with Crippen LogP contribution in [0.4, 0.5) is 0 Å². The largest absolute Gasteiger partial charge is 0.361 e. The minimum atomic E-state index is -0.287. The summed E-state index contributed by atoms with van der Waals surface area (Å²) >= 11 is 5.98. The van der Waals surface area contributed by atoms with Crippen LogP contribution in [0.1, 0.15) is 39.0 Å². The molecule has 0 aliphatic rings. The Balaban J connectivity index is 1.96. The summed E-state index contributed by atoms with van der Waals surface area (Å²) in [5.41, 5.74) is 2.99. The molecule has 0 bridgehead atoms. The van der Waals surface area contributed by atoms with Gasteiger partial charge in [0.15, 0.2) is 0 Å². The monoisotopic (exact) mass is 340 g/mol. The van der Waals surface area contributed by atoms with Crippen LogP contribution in [-0.4, -0.2) is 11.1 Å². The van der Waals surface area contributed by atoms with E-state index in [1.807, 2.05) is 54.6 Å². The number of halogens is 1. The Morgan fingerprint density at radius 1 is 1.04 bits per heavy atom. The van der Waals surface area contributed by atoms with Crippen molar-refractivity contribution in [3.8, 4) is 0 Å². The van der Waals surface area contributed by atoms with Crippen molar-refractivity contribution in [1.29, 1.82) is 0 Å². The third-order valence-electron chi connectivity index (χ3n) is 3.87. The van der Waals surface area contributed by atoms with Crippen LogP contribution >= 0.6 is 11.6 Å². The lowest BCUT2D eigenvalue weighted by atomic mass is 9.98. The summed E-state index contributed by atoms with van der Waals surface area (Å²) < 4.78 is 5.10. The quantitative estimate of drug-likeness (QED) is 0.762. The molecule has 5 heteroatoms. The Kier molecular flexibility index (Phi) is 4.67. The number of aromatic nitrogens is 1. The fraction of sp³-hybridized carbons (Fsp3) is 0.158. The van der Waals surface area contributed by atoms with E-state index in [2.05, 4.69) is 10.5 Å². The van der Waals surface area contributed by atoms with Gasteiger partial charge in [0, 0.05) is 5.02 Å². The second kappa shape index (κ2) is 6.89. The summed E-state index contributed by atoms with van der Waals surface area (Å²) in [6.45, 7) is 3.49. The lowest BCUT2D eigenvalue weighted by Crippen LogP contribution is -2.30. The predicted octanol–water partition coefficient (Wildman–Crippen LogP) is 4.46. The molecule has 0 saturated carbocycles. The molecular weight excluding hydrogens is 324 g/mol. The number of amides is 1. The molecule has 1 heterocycles. The number of rotatable bonds is 4. The first kappa shape index (κ1) is 16.3. The number of hydrogen-bond donors (Lipinski definition) is 1. The van der Waals surface area contributed by atoms with Crippen molar-refractivity contribution in [3.05, 3.63) is 87.8 Å². The van der Waals surface area contributed by atoms with Crippen LogP contribution in [0.5, 0.6) is 0 Å². The van der Waals surface area contributed by atoms with Crippen LogP contribution in [0, 0.1) is 13.8 Å². The molecule has 0 fully saturated rings. The van der Waals surface area contributed by atoms with Crippen molar-refractivity contribution >= 4 is 17.5 Å². The summed E-state index contributed by atoms with van der Waals surface area (Å²) in [4.78, 5) is 12.7. The van der Waals surface area contributed by atoms with Gasteiger partial charge in [-0.25, -0.2) is 0 Å². The molecule has 0 saturated heterocycles. The van der Waals surface area contributed by atoms with Crippen LogP contribution in [0.15, 0.2) is 59.1 Å². The van der Waals surface area contributed by atoms with Crippen LogP contribution in [0.2, 0.25) is 5.02 Å². The molecule has 1 aromatic heterocycles. The number of benzene rings is 2. The molecule has 0 aliphatic carbocycles. The van der Waals surface area contributed by atoms with Gasteiger partial charge in [-0.1, -0.05) is 59.2 Å². The molecule has 1 amide bonds. The lowest BCUT2D eigenvalue weighted by molar-refractivity contribution is 0.0941. The topological polar surface area (TPSA) is 55.1 Å². The third-order valence-corrected chi connectivity index (χ3v) is 4.12. The maximum atomic E-state index is 12.7. The Labute approximate surface area is 145 Å². The Bertz CT molecular complexity index is 822. The van der Waals surface area contributed by atoms with Crippen molar-refractivity contribution in [3.63, 3.8) is 0 Å². The summed E-state index contributed by atoms with van der Waals surface area (Å²) in [7, 11) is 0. The van der Waals surface area contributed by atoms with Crippen LogP contribution < -0.4 is 5.32 Å². The SMILES string of the molecule is Cc1noc(C)c1C(=O)NC(c1ccccc1)c1ccc(Cl)cc1. The normalized spacial score (nSPS) is 12.0. The highest BCUT2D eigenvalue weighted by Gasteiger charge is 2.22.